The van der Waals surface area contributed by atoms with E-state index in [2.05, 4.69) is 10.1 Å². The normalized spacial score (nSPS) is 13.8. The number of pyridine rings is 1. The van der Waals surface area contributed by atoms with Crippen LogP contribution in [0.25, 0.3) is 16.6 Å². The number of fused-ring (bicyclic) bond motifs is 1. The van der Waals surface area contributed by atoms with Crippen LogP contribution >= 0.6 is 11.6 Å². The van der Waals surface area contributed by atoms with E-state index in [1.54, 1.807) is 13.1 Å². The molecule has 1 saturated carbocycles. The first kappa shape index (κ1) is 20.7. The van der Waals surface area contributed by atoms with Crippen LogP contribution in [0.1, 0.15) is 41.1 Å². The van der Waals surface area contributed by atoms with Gasteiger partial charge in [-0.05, 0) is 61.2 Å². The summed E-state index contributed by atoms with van der Waals surface area (Å²) in [5, 5.41) is 17.4. The number of nitrogens with zero attached hydrogens (tertiary/aromatic N) is 3. The third kappa shape index (κ3) is 3.77. The lowest BCUT2D eigenvalue weighted by molar-refractivity contribution is -0.0532. The van der Waals surface area contributed by atoms with E-state index in [0.717, 1.165) is 11.3 Å². The first-order valence-electron chi connectivity index (χ1n) is 10.3. The zero-order valence-corrected chi connectivity index (χ0v) is 17.9. The zero-order valence-electron chi connectivity index (χ0n) is 17.2. The molecule has 4 aromatic rings. The molecule has 5 rings (SSSR count). The summed E-state index contributed by atoms with van der Waals surface area (Å²) in [6, 6.07) is 12.5. The van der Waals surface area contributed by atoms with Crippen LogP contribution in [0.5, 0.6) is 11.6 Å². The maximum absolute atomic E-state index is 13.1. The van der Waals surface area contributed by atoms with Gasteiger partial charge in [-0.2, -0.15) is 13.9 Å². The highest BCUT2D eigenvalue weighted by Crippen LogP contribution is 2.41. The van der Waals surface area contributed by atoms with Crippen LogP contribution in [0.3, 0.4) is 0 Å². The van der Waals surface area contributed by atoms with Crippen molar-refractivity contribution < 1.29 is 18.6 Å². The Labute approximate surface area is 188 Å². The van der Waals surface area contributed by atoms with E-state index in [1.165, 1.54) is 30.7 Å². The second-order valence-corrected chi connectivity index (χ2v) is 8.36. The minimum atomic E-state index is -3.05. The summed E-state index contributed by atoms with van der Waals surface area (Å²) in [7, 11) is 0. The van der Waals surface area contributed by atoms with Gasteiger partial charge in [0, 0.05) is 29.8 Å². The van der Waals surface area contributed by atoms with Crippen molar-refractivity contribution in [2.45, 2.75) is 38.7 Å². The van der Waals surface area contributed by atoms with Crippen molar-refractivity contribution in [3.63, 3.8) is 0 Å². The maximum Gasteiger partial charge on any atom is 0.388 e. The number of aromatic nitrogens is 3. The summed E-state index contributed by atoms with van der Waals surface area (Å²) >= 11 is 6.17. The van der Waals surface area contributed by atoms with Gasteiger partial charge in [-0.25, -0.2) is 9.67 Å². The molecule has 2 heterocycles. The molecule has 1 radical (unpaired) electrons. The monoisotopic (exact) mass is 454 g/mol. The SMILES string of the molecule is Cc1c(Cc2ccc(-n3nccc3C3CC3)cc2)c(OC(F)F)nc2c(Cl)ccc([O])c12. The minimum Gasteiger partial charge on any atom is -0.417 e. The molecule has 32 heavy (non-hydrogen) atoms. The molecule has 0 spiro atoms. The van der Waals surface area contributed by atoms with E-state index in [0.29, 0.717) is 22.4 Å². The number of hydrogen-bond donors (Lipinski definition) is 0. The number of halogens is 3. The highest BCUT2D eigenvalue weighted by Gasteiger charge is 2.27. The Hall–Kier alpha value is -3.19. The van der Waals surface area contributed by atoms with Gasteiger partial charge in [0.2, 0.25) is 5.88 Å². The van der Waals surface area contributed by atoms with Gasteiger partial charge in [0.25, 0.3) is 0 Å². The van der Waals surface area contributed by atoms with Crippen molar-refractivity contribution in [1.29, 1.82) is 0 Å². The molecule has 163 valence electrons. The maximum atomic E-state index is 13.1. The van der Waals surface area contributed by atoms with E-state index in [4.69, 9.17) is 16.3 Å². The smallest absolute Gasteiger partial charge is 0.388 e. The third-order valence-corrected chi connectivity index (χ3v) is 6.12. The van der Waals surface area contributed by atoms with Crippen LogP contribution in [0, 0.1) is 6.92 Å². The number of hydrogen-bond acceptors (Lipinski definition) is 3. The quantitative estimate of drug-likeness (QED) is 0.330. The molecule has 1 aliphatic carbocycles. The predicted octanol–water partition coefficient (Wildman–Crippen LogP) is 6.60. The standard InChI is InChI=1S/C24H19ClF2N3O2/c1-13-17(23(32-24(26)27)29-22-18(25)8-9-20(31)21(13)22)12-14-2-6-16(7-3-14)30-19(10-11-28-30)15-4-5-15/h2-3,6-11,15,24H,4-5,12H2,1H3. The molecular formula is C24H19ClF2N3O2. The van der Waals surface area contributed by atoms with Crippen molar-refractivity contribution in [3.8, 4) is 17.3 Å². The Morgan fingerprint density at radius 3 is 2.59 bits per heavy atom. The van der Waals surface area contributed by atoms with Gasteiger partial charge in [-0.15, -0.1) is 0 Å². The van der Waals surface area contributed by atoms with Crippen molar-refractivity contribution in [3.05, 3.63) is 76.1 Å². The number of ether oxygens (including phenoxy) is 1. The largest absolute Gasteiger partial charge is 0.417 e. The average Bonchev–Trinajstić information content (AvgIpc) is 3.50. The van der Waals surface area contributed by atoms with Crippen molar-refractivity contribution in [2.24, 2.45) is 0 Å². The van der Waals surface area contributed by atoms with Crippen molar-refractivity contribution in [1.82, 2.24) is 14.8 Å². The molecule has 5 nitrogen and oxygen atoms in total. The molecule has 8 heteroatoms. The van der Waals surface area contributed by atoms with Crippen LogP contribution in [-0.4, -0.2) is 21.4 Å². The van der Waals surface area contributed by atoms with Gasteiger partial charge in [-0.1, -0.05) is 23.7 Å². The summed E-state index contributed by atoms with van der Waals surface area (Å²) in [5.74, 6) is 0.0798. The van der Waals surface area contributed by atoms with Crippen LogP contribution in [0.2, 0.25) is 5.02 Å². The Bertz CT molecular complexity index is 1300. The van der Waals surface area contributed by atoms with E-state index in [-0.39, 0.29) is 28.6 Å². The van der Waals surface area contributed by atoms with Crippen LogP contribution in [0.15, 0.2) is 48.7 Å². The number of aryl methyl sites for hydroxylation is 1. The fourth-order valence-corrected chi connectivity index (χ4v) is 4.27. The van der Waals surface area contributed by atoms with Crippen LogP contribution in [-0.2, 0) is 11.5 Å². The molecule has 0 amide bonds. The summed E-state index contributed by atoms with van der Waals surface area (Å²) in [5.41, 5.74) is 4.13. The molecule has 2 aromatic carbocycles. The third-order valence-electron chi connectivity index (χ3n) is 5.82. The topological polar surface area (TPSA) is 59.8 Å². The number of rotatable bonds is 6. The second kappa shape index (κ2) is 8.06. The van der Waals surface area contributed by atoms with E-state index >= 15 is 0 Å². The summed E-state index contributed by atoms with van der Waals surface area (Å²) < 4.78 is 32.9. The molecule has 0 atom stereocenters. The lowest BCUT2D eigenvalue weighted by atomic mass is 9.97. The molecule has 0 bridgehead atoms. The zero-order chi connectivity index (χ0) is 22.4. The lowest BCUT2D eigenvalue weighted by Crippen LogP contribution is -2.09. The summed E-state index contributed by atoms with van der Waals surface area (Å²) in [6.45, 7) is -1.34. The van der Waals surface area contributed by atoms with E-state index < -0.39 is 6.61 Å². The van der Waals surface area contributed by atoms with Gasteiger partial charge in [-0.3, -0.25) is 5.11 Å². The Morgan fingerprint density at radius 2 is 1.91 bits per heavy atom. The van der Waals surface area contributed by atoms with Crippen LogP contribution < -0.4 is 4.74 Å². The molecule has 0 saturated heterocycles. The molecule has 0 unspecified atom stereocenters. The van der Waals surface area contributed by atoms with Crippen LogP contribution in [0.4, 0.5) is 8.78 Å². The van der Waals surface area contributed by atoms with Crippen molar-refractivity contribution in [2.75, 3.05) is 0 Å². The number of alkyl halides is 2. The fourth-order valence-electron chi connectivity index (χ4n) is 4.07. The molecule has 1 aliphatic rings. The van der Waals surface area contributed by atoms with Gasteiger partial charge in [0.05, 0.1) is 21.6 Å². The first-order chi connectivity index (χ1) is 15.4. The molecular weight excluding hydrogens is 436 g/mol. The summed E-state index contributed by atoms with van der Waals surface area (Å²) in [6.07, 6.45) is 4.43. The molecule has 1 fully saturated rings. The van der Waals surface area contributed by atoms with Crippen molar-refractivity contribution >= 4 is 22.5 Å². The van der Waals surface area contributed by atoms with Gasteiger partial charge < -0.3 is 4.74 Å². The lowest BCUT2D eigenvalue weighted by Gasteiger charge is -2.16. The predicted molar refractivity (Wildman–Crippen MR) is 117 cm³/mol. The highest BCUT2D eigenvalue weighted by atomic mass is 35.5. The Morgan fingerprint density at radius 1 is 1.16 bits per heavy atom. The highest BCUT2D eigenvalue weighted by molar-refractivity contribution is 6.35. The van der Waals surface area contributed by atoms with E-state index in [1.807, 2.05) is 35.0 Å². The number of benzene rings is 2. The molecule has 0 N–H and O–H groups in total. The van der Waals surface area contributed by atoms with Gasteiger partial charge in [0.15, 0.2) is 5.75 Å². The Kier molecular flexibility index (Phi) is 5.21. The Balaban J connectivity index is 1.53. The molecule has 2 aromatic heterocycles. The van der Waals surface area contributed by atoms with Gasteiger partial charge in [0.1, 0.15) is 0 Å². The fraction of sp³-hybridized carbons (Fsp3) is 0.250. The van der Waals surface area contributed by atoms with Gasteiger partial charge >= 0.3 is 6.61 Å². The minimum absolute atomic E-state index is 0.165. The summed E-state index contributed by atoms with van der Waals surface area (Å²) in [4.78, 5) is 4.18. The van der Waals surface area contributed by atoms with E-state index in [9.17, 15) is 13.9 Å². The second-order valence-electron chi connectivity index (χ2n) is 7.95. The molecule has 0 aliphatic heterocycles. The average molecular weight is 455 g/mol. The first-order valence-corrected chi connectivity index (χ1v) is 10.7.